The Kier molecular flexibility index (Phi) is 11.1. The van der Waals surface area contributed by atoms with Crippen molar-refractivity contribution in [1.82, 2.24) is 0 Å². The smallest absolute Gasteiger partial charge is 0.872 e. The molecule has 0 amide bonds. The quantitative estimate of drug-likeness (QED) is 0.0799. The van der Waals surface area contributed by atoms with Crippen LogP contribution in [0.25, 0.3) is 10.8 Å². The third-order valence-corrected chi connectivity index (χ3v) is 9.78. The Hall–Kier alpha value is -3.91. The maximum absolute atomic E-state index is 11.9. The van der Waals surface area contributed by atoms with E-state index in [9.17, 15) is 10.2 Å². The van der Waals surface area contributed by atoms with Crippen molar-refractivity contribution in [3.63, 3.8) is 0 Å². The summed E-state index contributed by atoms with van der Waals surface area (Å²) in [6.07, 6.45) is 1.34. The summed E-state index contributed by atoms with van der Waals surface area (Å²) in [5.41, 5.74) is 0.441. The van der Waals surface area contributed by atoms with Crippen LogP contribution in [0.5, 0.6) is 5.75 Å². The van der Waals surface area contributed by atoms with Crippen LogP contribution in [0.4, 0.5) is 0 Å². The third kappa shape index (κ3) is 7.85. The molecule has 0 aliphatic carbocycles. The fourth-order valence-electron chi connectivity index (χ4n) is 4.31. The van der Waals surface area contributed by atoms with Gasteiger partial charge in [-0.1, -0.05) is 103 Å². The van der Waals surface area contributed by atoms with Gasteiger partial charge < -0.3 is 10.2 Å². The summed E-state index contributed by atoms with van der Waals surface area (Å²) in [4.78, 5) is 0.521. The Morgan fingerprint density at radius 3 is 1.71 bits per heavy atom. The van der Waals surface area contributed by atoms with Gasteiger partial charge in [-0.15, -0.1) is 11.3 Å². The topological polar surface area (TPSA) is 70.8 Å². The van der Waals surface area contributed by atoms with Crippen LogP contribution in [-0.4, -0.2) is 12.1 Å². The first-order valence-corrected chi connectivity index (χ1v) is 15.1. The van der Waals surface area contributed by atoms with Gasteiger partial charge in [0.05, 0.1) is 14.1 Å². The van der Waals surface area contributed by atoms with E-state index in [4.69, 9.17) is 0 Å². The minimum Gasteiger partial charge on any atom is -0.872 e. The van der Waals surface area contributed by atoms with Crippen molar-refractivity contribution in [2.45, 2.75) is 0 Å². The monoisotopic (exact) mass is 663 g/mol. The largest absolute Gasteiger partial charge is 2.00 e. The zero-order valence-electron chi connectivity index (χ0n) is 21.9. The minimum atomic E-state index is -0.877. The van der Waals surface area contributed by atoms with Crippen molar-refractivity contribution < 1.29 is 30.6 Å². The summed E-state index contributed by atoms with van der Waals surface area (Å²) in [5, 5.41) is 38.8. The van der Waals surface area contributed by atoms with Gasteiger partial charge in [0, 0.05) is 10.8 Å². The summed E-state index contributed by atoms with van der Waals surface area (Å²) in [6, 6.07) is 46.7. The van der Waals surface area contributed by atoms with E-state index >= 15 is 0 Å². The van der Waals surface area contributed by atoms with Gasteiger partial charge in [-0.05, 0) is 64.2 Å². The van der Waals surface area contributed by atoms with Crippen molar-refractivity contribution in [1.29, 1.82) is 0 Å². The second-order valence-electron chi connectivity index (χ2n) is 8.80. The number of thiophene rings is 1. The Morgan fingerprint density at radius 1 is 0.634 bits per heavy atom. The van der Waals surface area contributed by atoms with Gasteiger partial charge in [-0.3, -0.25) is 0 Å². The number of hydrogen-bond donors (Lipinski definition) is 0. The molecule has 0 aliphatic rings. The molecule has 0 unspecified atom stereocenters. The molecule has 4 nitrogen and oxygen atoms in total. The molecule has 0 saturated carbocycles. The van der Waals surface area contributed by atoms with Crippen LogP contribution < -0.4 is 26.1 Å². The minimum absolute atomic E-state index is 0. The molecule has 0 atom stereocenters. The van der Waals surface area contributed by atoms with Gasteiger partial charge in [-0.2, -0.15) is 10.2 Å². The fraction of sp³-hybridized carbons (Fsp3) is 0. The number of nitrogens with zero attached hydrogens (tertiary/aromatic N) is 2. The first-order chi connectivity index (χ1) is 19.7. The number of benzene rings is 5. The summed E-state index contributed by atoms with van der Waals surface area (Å²) >= 11 is 1.30. The second-order valence-corrected chi connectivity index (χ2v) is 12.2. The zero-order valence-corrected chi connectivity index (χ0v) is 25.2. The van der Waals surface area contributed by atoms with E-state index in [0.717, 1.165) is 10.8 Å². The Morgan fingerprint density at radius 2 is 1.17 bits per heavy atom. The first-order valence-electron chi connectivity index (χ1n) is 12.7. The molecule has 0 fully saturated rings. The molecule has 7 heteroatoms. The van der Waals surface area contributed by atoms with E-state index < -0.39 is 13.8 Å². The molecular formula is C34H26N2O2PPdS+. The van der Waals surface area contributed by atoms with Gasteiger partial charge in [0.25, 0.3) is 0 Å². The van der Waals surface area contributed by atoms with Crippen molar-refractivity contribution in [3.8, 4) is 5.75 Å². The SMILES string of the molecule is [O-]/C(=N\N=C\c1c([O-])ccc2ccccc12)c1cccs1.[Pd+2].c1ccc([PH+](c2ccccc2)c2ccccc2)cc1. The van der Waals surface area contributed by atoms with Crippen molar-refractivity contribution in [3.05, 3.63) is 155 Å². The van der Waals surface area contributed by atoms with Gasteiger partial charge in [0.2, 0.25) is 0 Å². The molecule has 0 radical (unpaired) electrons. The molecule has 1 heterocycles. The Bertz CT molecular complexity index is 1620. The van der Waals surface area contributed by atoms with E-state index in [2.05, 4.69) is 101 Å². The Labute approximate surface area is 258 Å². The van der Waals surface area contributed by atoms with Crippen LogP contribution in [0.15, 0.2) is 155 Å². The predicted octanol–water partition coefficient (Wildman–Crippen LogP) is 5.29. The maximum Gasteiger partial charge on any atom is 2.00 e. The molecule has 0 bridgehead atoms. The summed E-state index contributed by atoms with van der Waals surface area (Å²) in [6.45, 7) is 0. The standard InChI is InChI=1S/C18H15P.C16H12N2O2S.Pd/c1-4-10-16(11-5-1)19(17-12-6-2-7-13-17)18-14-8-3-9-15-18;19-14-8-7-11-4-1-2-5-12(11)13(14)10-17-18-16(20)15-6-3-9-21-15;/h1-15H;1-10,19H,(H,18,20);/q;;+2/p-1/b;17-10+;. The van der Waals surface area contributed by atoms with E-state index in [-0.39, 0.29) is 26.2 Å². The molecule has 0 spiro atoms. The van der Waals surface area contributed by atoms with Crippen LogP contribution in [-0.2, 0) is 20.4 Å². The first kappa shape index (κ1) is 30.1. The summed E-state index contributed by atoms with van der Waals surface area (Å²) < 4.78 is 0. The molecule has 0 N–H and O–H groups in total. The van der Waals surface area contributed by atoms with Gasteiger partial charge in [0.1, 0.15) is 15.9 Å². The van der Waals surface area contributed by atoms with Gasteiger partial charge in [-0.25, -0.2) is 0 Å². The van der Waals surface area contributed by atoms with Crippen LogP contribution in [0.1, 0.15) is 10.4 Å². The van der Waals surface area contributed by atoms with Gasteiger partial charge >= 0.3 is 20.4 Å². The summed E-state index contributed by atoms with van der Waals surface area (Å²) in [7, 11) is -0.877. The average Bonchev–Trinajstić information content (AvgIpc) is 3.56. The van der Waals surface area contributed by atoms with E-state index in [1.165, 1.54) is 39.5 Å². The summed E-state index contributed by atoms with van der Waals surface area (Å²) in [5.74, 6) is -0.551. The van der Waals surface area contributed by atoms with Gasteiger partial charge in [0.15, 0.2) is 0 Å². The van der Waals surface area contributed by atoms with Crippen molar-refractivity contribution in [2.75, 3.05) is 0 Å². The van der Waals surface area contributed by atoms with Crippen LogP contribution in [0.2, 0.25) is 0 Å². The normalized spacial score (nSPS) is 11.2. The average molecular weight is 664 g/mol. The number of fused-ring (bicyclic) bond motifs is 1. The van der Waals surface area contributed by atoms with Crippen LogP contribution in [0.3, 0.4) is 0 Å². The third-order valence-electron chi connectivity index (χ3n) is 6.19. The van der Waals surface area contributed by atoms with E-state index in [1.807, 2.05) is 24.3 Å². The molecule has 0 saturated heterocycles. The molecule has 6 rings (SSSR count). The van der Waals surface area contributed by atoms with Crippen molar-refractivity contribution >= 4 is 58.1 Å². The van der Waals surface area contributed by atoms with Crippen LogP contribution >= 0.6 is 19.3 Å². The van der Waals surface area contributed by atoms with E-state index in [0.29, 0.717) is 10.4 Å². The molecular weight excluding hydrogens is 638 g/mol. The van der Waals surface area contributed by atoms with Crippen molar-refractivity contribution in [2.24, 2.45) is 10.2 Å². The zero-order chi connectivity index (χ0) is 27.6. The predicted molar refractivity (Wildman–Crippen MR) is 168 cm³/mol. The number of rotatable bonds is 6. The molecule has 0 aliphatic heterocycles. The molecule has 41 heavy (non-hydrogen) atoms. The fourth-order valence-corrected chi connectivity index (χ4v) is 7.49. The van der Waals surface area contributed by atoms with Crippen LogP contribution in [0, 0.1) is 0 Å². The molecule has 1 aromatic heterocycles. The second kappa shape index (κ2) is 15.2. The molecule has 6 aromatic rings. The Balaban J connectivity index is 0.000000185. The van der Waals surface area contributed by atoms with E-state index in [1.54, 1.807) is 23.6 Å². The number of hydrogen-bond acceptors (Lipinski definition) is 5. The molecule has 5 aromatic carbocycles. The maximum atomic E-state index is 11.9. The molecule has 204 valence electrons.